The molecule has 2 rings (SSSR count). The van der Waals surface area contributed by atoms with Crippen molar-refractivity contribution >= 4 is 11.9 Å². The van der Waals surface area contributed by atoms with Gasteiger partial charge in [0, 0.05) is 11.1 Å². The lowest BCUT2D eigenvalue weighted by molar-refractivity contribution is -0.104. The predicted octanol–water partition coefficient (Wildman–Crippen LogP) is 3.32. The van der Waals surface area contributed by atoms with Crippen LogP contribution in [0.5, 0.6) is 0 Å². The number of carbonyl (C=O) groups is 1. The summed E-state index contributed by atoms with van der Waals surface area (Å²) in [6, 6.07) is 19.4. The molecule has 0 radical (unpaired) electrons. The van der Waals surface area contributed by atoms with Crippen LogP contribution in [0, 0.1) is 11.8 Å². The molecule has 0 aliphatic rings. The molecular formula is C17H12O. The summed E-state index contributed by atoms with van der Waals surface area (Å²) in [6.07, 6.45) is 2.26. The number of carbonyl (C=O) groups excluding carboxylic acids is 1. The molecule has 0 aromatic heterocycles. The highest BCUT2D eigenvalue weighted by molar-refractivity contribution is 5.89. The summed E-state index contributed by atoms with van der Waals surface area (Å²) in [5, 5.41) is 0. The predicted molar refractivity (Wildman–Crippen MR) is 73.8 cm³/mol. The Morgan fingerprint density at radius 3 is 2.11 bits per heavy atom. The Morgan fingerprint density at radius 2 is 1.50 bits per heavy atom. The zero-order valence-electron chi connectivity index (χ0n) is 9.84. The maximum Gasteiger partial charge on any atom is 0.144 e. The van der Waals surface area contributed by atoms with Gasteiger partial charge in [0.15, 0.2) is 0 Å². The van der Waals surface area contributed by atoms with E-state index < -0.39 is 0 Å². The number of benzene rings is 2. The topological polar surface area (TPSA) is 17.1 Å². The van der Waals surface area contributed by atoms with E-state index in [2.05, 4.69) is 11.8 Å². The van der Waals surface area contributed by atoms with E-state index in [-0.39, 0.29) is 0 Å². The largest absolute Gasteiger partial charge is 0.299 e. The molecule has 2 aromatic rings. The van der Waals surface area contributed by atoms with E-state index in [1.54, 1.807) is 0 Å². The molecule has 0 aliphatic heterocycles. The molecule has 0 unspecified atom stereocenters. The first kappa shape index (κ1) is 11.9. The highest BCUT2D eigenvalue weighted by Gasteiger charge is 1.95. The maximum absolute atomic E-state index is 10.7. The number of allylic oxidation sites excluding steroid dienone is 2. The minimum absolute atomic E-state index is 0.731. The van der Waals surface area contributed by atoms with Crippen molar-refractivity contribution in [3.05, 3.63) is 77.9 Å². The summed E-state index contributed by atoms with van der Waals surface area (Å²) in [4.78, 5) is 10.7. The van der Waals surface area contributed by atoms with E-state index in [4.69, 9.17) is 0 Å². The molecule has 0 N–H and O–H groups in total. The molecule has 1 nitrogen and oxygen atoms in total. The summed E-state index contributed by atoms with van der Waals surface area (Å²) in [7, 11) is 0. The Hall–Kier alpha value is -2.59. The summed E-state index contributed by atoms with van der Waals surface area (Å²) in [5.41, 5.74) is 2.62. The first-order valence-corrected chi connectivity index (χ1v) is 5.68. The number of rotatable bonds is 2. The molecule has 2 aromatic carbocycles. The molecule has 1 heteroatoms. The highest BCUT2D eigenvalue weighted by atomic mass is 16.1. The van der Waals surface area contributed by atoms with Gasteiger partial charge in [-0.1, -0.05) is 60.4 Å². The number of hydrogen-bond acceptors (Lipinski definition) is 1. The van der Waals surface area contributed by atoms with Crippen LogP contribution in [0.1, 0.15) is 11.1 Å². The quantitative estimate of drug-likeness (QED) is 0.441. The van der Waals surface area contributed by atoms with Crippen LogP contribution in [0.4, 0.5) is 0 Å². The second kappa shape index (κ2) is 6.22. The van der Waals surface area contributed by atoms with Crippen LogP contribution in [-0.4, -0.2) is 6.29 Å². The van der Waals surface area contributed by atoms with Crippen molar-refractivity contribution in [2.24, 2.45) is 0 Å². The Bertz CT molecular complexity index is 598. The van der Waals surface area contributed by atoms with Gasteiger partial charge >= 0.3 is 0 Å². The lowest BCUT2D eigenvalue weighted by Crippen LogP contribution is -1.82. The lowest BCUT2D eigenvalue weighted by Gasteiger charge is -1.97. The second-order valence-corrected chi connectivity index (χ2v) is 3.70. The number of aldehydes is 1. The van der Waals surface area contributed by atoms with Crippen LogP contribution in [0.3, 0.4) is 0 Å². The maximum atomic E-state index is 10.7. The van der Waals surface area contributed by atoms with Crippen LogP contribution >= 0.6 is 0 Å². The van der Waals surface area contributed by atoms with Crippen LogP contribution in [-0.2, 0) is 4.79 Å². The Kier molecular flexibility index (Phi) is 4.11. The fraction of sp³-hybridized carbons (Fsp3) is 0. The first-order valence-electron chi connectivity index (χ1n) is 5.68. The fourth-order valence-electron chi connectivity index (χ4n) is 1.56. The third-order valence-electron chi connectivity index (χ3n) is 2.43. The second-order valence-electron chi connectivity index (χ2n) is 3.70. The molecule has 0 saturated heterocycles. The zero-order valence-corrected chi connectivity index (χ0v) is 9.84. The van der Waals surface area contributed by atoms with E-state index in [0.29, 0.717) is 0 Å². The lowest BCUT2D eigenvalue weighted by atomic mass is 10.1. The minimum atomic E-state index is 0.731. The standard InChI is InChI=1S/C17H12O/c18-14-13-17(16-9-5-2-6-10-16)12-11-15-7-3-1-4-8-15/h1-10,13-14H/b17-13-. The van der Waals surface area contributed by atoms with E-state index in [1.807, 2.05) is 60.7 Å². The summed E-state index contributed by atoms with van der Waals surface area (Å²) in [5.74, 6) is 6.08. The Morgan fingerprint density at radius 1 is 0.889 bits per heavy atom. The molecule has 18 heavy (non-hydrogen) atoms. The van der Waals surface area contributed by atoms with Crippen molar-refractivity contribution in [3.63, 3.8) is 0 Å². The minimum Gasteiger partial charge on any atom is -0.299 e. The van der Waals surface area contributed by atoms with E-state index in [9.17, 15) is 4.79 Å². The van der Waals surface area contributed by atoms with Gasteiger partial charge in [-0.3, -0.25) is 4.79 Å². The molecular weight excluding hydrogens is 220 g/mol. The van der Waals surface area contributed by atoms with Gasteiger partial charge in [0.1, 0.15) is 6.29 Å². The third-order valence-corrected chi connectivity index (χ3v) is 2.43. The van der Waals surface area contributed by atoms with Crippen molar-refractivity contribution in [1.82, 2.24) is 0 Å². The Balaban J connectivity index is 2.32. The fourth-order valence-corrected chi connectivity index (χ4v) is 1.56. The molecule has 0 aliphatic carbocycles. The average Bonchev–Trinajstić information content (AvgIpc) is 2.45. The molecule has 0 amide bonds. The van der Waals surface area contributed by atoms with Crippen molar-refractivity contribution in [3.8, 4) is 11.8 Å². The van der Waals surface area contributed by atoms with Crippen LogP contribution < -0.4 is 0 Å². The molecule has 0 spiro atoms. The Labute approximate surface area is 107 Å². The smallest absolute Gasteiger partial charge is 0.144 e. The van der Waals surface area contributed by atoms with E-state index in [0.717, 1.165) is 23.0 Å². The van der Waals surface area contributed by atoms with Crippen molar-refractivity contribution in [2.45, 2.75) is 0 Å². The first-order chi connectivity index (χ1) is 8.90. The zero-order chi connectivity index (χ0) is 12.6. The summed E-state index contributed by atoms with van der Waals surface area (Å²) < 4.78 is 0. The van der Waals surface area contributed by atoms with Gasteiger partial charge in [-0.25, -0.2) is 0 Å². The van der Waals surface area contributed by atoms with Crippen LogP contribution in [0.15, 0.2) is 66.7 Å². The molecule has 0 saturated carbocycles. The van der Waals surface area contributed by atoms with Crippen molar-refractivity contribution < 1.29 is 4.79 Å². The molecule has 0 atom stereocenters. The average molecular weight is 232 g/mol. The van der Waals surface area contributed by atoms with Gasteiger partial charge in [-0.05, 0) is 23.8 Å². The molecule has 0 heterocycles. The van der Waals surface area contributed by atoms with Gasteiger partial charge in [0.2, 0.25) is 0 Å². The third kappa shape index (κ3) is 3.20. The SMILES string of the molecule is O=C/C=C(/C#Cc1ccccc1)c1ccccc1. The number of hydrogen-bond donors (Lipinski definition) is 0. The van der Waals surface area contributed by atoms with Gasteiger partial charge < -0.3 is 0 Å². The summed E-state index contributed by atoms with van der Waals surface area (Å²) >= 11 is 0. The van der Waals surface area contributed by atoms with Crippen molar-refractivity contribution in [1.29, 1.82) is 0 Å². The molecule has 0 bridgehead atoms. The van der Waals surface area contributed by atoms with Gasteiger partial charge in [-0.2, -0.15) is 0 Å². The van der Waals surface area contributed by atoms with Gasteiger partial charge in [-0.15, -0.1) is 0 Å². The van der Waals surface area contributed by atoms with Crippen molar-refractivity contribution in [2.75, 3.05) is 0 Å². The van der Waals surface area contributed by atoms with E-state index >= 15 is 0 Å². The summed E-state index contributed by atoms with van der Waals surface area (Å²) in [6.45, 7) is 0. The highest BCUT2D eigenvalue weighted by Crippen LogP contribution is 2.12. The monoisotopic (exact) mass is 232 g/mol. The van der Waals surface area contributed by atoms with E-state index in [1.165, 1.54) is 6.08 Å². The molecule has 0 fully saturated rings. The van der Waals surface area contributed by atoms with Gasteiger partial charge in [0.05, 0.1) is 0 Å². The molecule has 86 valence electrons. The van der Waals surface area contributed by atoms with Crippen LogP contribution in [0.2, 0.25) is 0 Å². The van der Waals surface area contributed by atoms with Crippen LogP contribution in [0.25, 0.3) is 5.57 Å². The normalized spacial score (nSPS) is 10.3. The van der Waals surface area contributed by atoms with Gasteiger partial charge in [0.25, 0.3) is 0 Å².